The summed E-state index contributed by atoms with van der Waals surface area (Å²) in [6.45, 7) is 9.44. The number of hydrogen-bond donors (Lipinski definition) is 2. The maximum absolute atomic E-state index is 10.3. The van der Waals surface area contributed by atoms with E-state index in [1.165, 1.54) is 21.7 Å². The maximum atomic E-state index is 10.3. The lowest BCUT2D eigenvalue weighted by molar-refractivity contribution is -0.903. The minimum Gasteiger partial charge on any atom is -0.491 e. The highest BCUT2D eigenvalue weighted by molar-refractivity contribution is 5.47. The van der Waals surface area contributed by atoms with Gasteiger partial charge in [0.05, 0.1) is 26.2 Å². The third-order valence-electron chi connectivity index (χ3n) is 4.86. The fraction of sp³-hybridized carbons (Fsp3) is 0.429. The summed E-state index contributed by atoms with van der Waals surface area (Å²) in [5.74, 6) is 0.823. The Morgan fingerprint density at radius 3 is 2.12 bits per heavy atom. The zero-order valence-corrected chi connectivity index (χ0v) is 15.2. The van der Waals surface area contributed by atoms with Crippen LogP contribution in [0.4, 0.5) is 5.69 Å². The van der Waals surface area contributed by atoms with Gasteiger partial charge in [0.15, 0.2) is 0 Å². The van der Waals surface area contributed by atoms with Crippen molar-refractivity contribution in [2.24, 2.45) is 0 Å². The van der Waals surface area contributed by atoms with E-state index in [0.717, 1.165) is 38.5 Å². The Bertz CT molecular complexity index is 647. The van der Waals surface area contributed by atoms with Crippen molar-refractivity contribution >= 4 is 5.69 Å². The first kappa shape index (κ1) is 17.8. The molecule has 1 atom stereocenters. The zero-order valence-electron chi connectivity index (χ0n) is 15.2. The summed E-state index contributed by atoms with van der Waals surface area (Å²) in [6, 6.07) is 16.7. The number of piperazine rings is 1. The second-order valence-corrected chi connectivity index (χ2v) is 7.05. The average molecular weight is 341 g/mol. The maximum Gasteiger partial charge on any atom is 0.137 e. The summed E-state index contributed by atoms with van der Waals surface area (Å²) in [5, 5.41) is 10.3. The van der Waals surface area contributed by atoms with Gasteiger partial charge >= 0.3 is 0 Å². The van der Waals surface area contributed by atoms with Crippen LogP contribution in [0.25, 0.3) is 0 Å². The molecule has 0 amide bonds. The summed E-state index contributed by atoms with van der Waals surface area (Å²) >= 11 is 0. The van der Waals surface area contributed by atoms with Crippen molar-refractivity contribution in [1.29, 1.82) is 0 Å². The van der Waals surface area contributed by atoms with Crippen molar-refractivity contribution in [3.63, 3.8) is 0 Å². The monoisotopic (exact) mass is 341 g/mol. The third kappa shape index (κ3) is 5.21. The number of ether oxygens (including phenoxy) is 1. The molecular weight excluding hydrogens is 312 g/mol. The number of rotatable bonds is 6. The molecule has 2 aromatic carbocycles. The lowest BCUT2D eigenvalue weighted by Crippen LogP contribution is -3.16. The normalized spacial score (nSPS) is 16.7. The van der Waals surface area contributed by atoms with E-state index < -0.39 is 6.10 Å². The van der Waals surface area contributed by atoms with E-state index in [4.69, 9.17) is 4.74 Å². The summed E-state index contributed by atoms with van der Waals surface area (Å²) in [4.78, 5) is 3.88. The van der Waals surface area contributed by atoms with Gasteiger partial charge in [-0.05, 0) is 38.1 Å². The number of hydrogen-bond acceptors (Lipinski definition) is 3. The van der Waals surface area contributed by atoms with Crippen LogP contribution >= 0.6 is 0 Å². The minimum absolute atomic E-state index is 0.355. The standard InChI is InChI=1S/C21H28N2O2/c1-17-3-7-19(8-4-17)23-13-11-22(12-14-23)15-20(24)16-25-21-9-5-18(2)6-10-21/h3-10,20,24H,11-16H2,1-2H3/p+1/t20-/m0/s1. The topological polar surface area (TPSA) is 37.1 Å². The first-order chi connectivity index (χ1) is 12.1. The highest BCUT2D eigenvalue weighted by atomic mass is 16.5. The molecule has 2 N–H and O–H groups in total. The van der Waals surface area contributed by atoms with Crippen LogP contribution in [0.15, 0.2) is 48.5 Å². The quantitative estimate of drug-likeness (QED) is 0.835. The van der Waals surface area contributed by atoms with Gasteiger partial charge in [-0.15, -0.1) is 0 Å². The molecule has 0 aliphatic carbocycles. The number of nitrogens with zero attached hydrogens (tertiary/aromatic N) is 1. The van der Waals surface area contributed by atoms with Gasteiger partial charge in [-0.25, -0.2) is 0 Å². The number of benzene rings is 2. The molecule has 3 rings (SSSR count). The van der Waals surface area contributed by atoms with Crippen molar-refractivity contribution in [2.75, 3.05) is 44.2 Å². The predicted molar refractivity (Wildman–Crippen MR) is 102 cm³/mol. The van der Waals surface area contributed by atoms with E-state index in [1.54, 1.807) is 0 Å². The van der Waals surface area contributed by atoms with Crippen molar-refractivity contribution in [3.8, 4) is 5.75 Å². The Morgan fingerprint density at radius 1 is 0.960 bits per heavy atom. The molecule has 2 aromatic rings. The van der Waals surface area contributed by atoms with Crippen LogP contribution in [0.2, 0.25) is 0 Å². The number of aliphatic hydroxyl groups excluding tert-OH is 1. The van der Waals surface area contributed by atoms with Crippen LogP contribution in [-0.4, -0.2) is 50.5 Å². The molecule has 0 unspecified atom stereocenters. The van der Waals surface area contributed by atoms with Gasteiger partial charge in [-0.2, -0.15) is 0 Å². The molecule has 1 aliphatic rings. The van der Waals surface area contributed by atoms with Gasteiger partial charge in [-0.1, -0.05) is 35.4 Å². The van der Waals surface area contributed by atoms with Crippen LogP contribution in [0.1, 0.15) is 11.1 Å². The van der Waals surface area contributed by atoms with Crippen LogP contribution < -0.4 is 14.5 Å². The second kappa shape index (κ2) is 8.37. The summed E-state index contributed by atoms with van der Waals surface area (Å²) in [6.07, 6.45) is -0.428. The van der Waals surface area contributed by atoms with E-state index >= 15 is 0 Å². The molecule has 1 fully saturated rings. The SMILES string of the molecule is Cc1ccc(OC[C@@H](O)C[NH+]2CCN(c3ccc(C)cc3)CC2)cc1. The fourth-order valence-electron chi connectivity index (χ4n) is 3.26. The first-order valence-corrected chi connectivity index (χ1v) is 9.13. The summed E-state index contributed by atoms with van der Waals surface area (Å²) in [7, 11) is 0. The summed E-state index contributed by atoms with van der Waals surface area (Å²) in [5.41, 5.74) is 3.81. The Hall–Kier alpha value is -2.04. The molecule has 0 saturated carbocycles. The molecule has 1 saturated heterocycles. The van der Waals surface area contributed by atoms with Crippen LogP contribution in [0, 0.1) is 13.8 Å². The molecule has 0 bridgehead atoms. The van der Waals surface area contributed by atoms with Crippen molar-refractivity contribution in [2.45, 2.75) is 20.0 Å². The zero-order chi connectivity index (χ0) is 17.6. The Labute approximate surface area is 150 Å². The van der Waals surface area contributed by atoms with Gasteiger partial charge in [0.1, 0.15) is 25.0 Å². The van der Waals surface area contributed by atoms with Gasteiger partial charge in [0.25, 0.3) is 0 Å². The van der Waals surface area contributed by atoms with E-state index in [-0.39, 0.29) is 0 Å². The number of aryl methyl sites for hydroxylation is 2. The fourth-order valence-corrected chi connectivity index (χ4v) is 3.26. The highest BCUT2D eigenvalue weighted by Gasteiger charge is 2.22. The molecule has 4 nitrogen and oxygen atoms in total. The number of anilines is 1. The largest absolute Gasteiger partial charge is 0.491 e. The molecule has 134 valence electrons. The van der Waals surface area contributed by atoms with E-state index in [0.29, 0.717) is 6.61 Å². The second-order valence-electron chi connectivity index (χ2n) is 7.05. The molecule has 25 heavy (non-hydrogen) atoms. The van der Waals surface area contributed by atoms with Gasteiger partial charge < -0.3 is 19.6 Å². The highest BCUT2D eigenvalue weighted by Crippen LogP contribution is 2.14. The predicted octanol–water partition coefficient (Wildman–Crippen LogP) is 1.45. The number of aliphatic hydroxyl groups is 1. The van der Waals surface area contributed by atoms with Gasteiger partial charge in [0.2, 0.25) is 0 Å². The minimum atomic E-state index is -0.428. The Balaban J connectivity index is 1.40. The number of nitrogens with one attached hydrogen (secondary N) is 1. The lowest BCUT2D eigenvalue weighted by Gasteiger charge is -2.34. The molecule has 0 spiro atoms. The van der Waals surface area contributed by atoms with Crippen molar-refractivity contribution in [1.82, 2.24) is 0 Å². The summed E-state index contributed by atoms with van der Waals surface area (Å²) < 4.78 is 5.69. The van der Waals surface area contributed by atoms with Crippen LogP contribution in [0.3, 0.4) is 0 Å². The lowest BCUT2D eigenvalue weighted by atomic mass is 10.2. The van der Waals surface area contributed by atoms with Crippen LogP contribution in [0.5, 0.6) is 5.75 Å². The van der Waals surface area contributed by atoms with Crippen LogP contribution in [-0.2, 0) is 0 Å². The average Bonchev–Trinajstić information content (AvgIpc) is 2.63. The first-order valence-electron chi connectivity index (χ1n) is 9.13. The van der Waals surface area contributed by atoms with E-state index in [2.05, 4.69) is 43.0 Å². The molecule has 0 aromatic heterocycles. The molecule has 1 aliphatic heterocycles. The van der Waals surface area contributed by atoms with Crippen molar-refractivity contribution < 1.29 is 14.7 Å². The van der Waals surface area contributed by atoms with Gasteiger partial charge in [0, 0.05) is 5.69 Å². The van der Waals surface area contributed by atoms with Gasteiger partial charge in [-0.3, -0.25) is 0 Å². The Morgan fingerprint density at radius 2 is 1.52 bits per heavy atom. The molecule has 0 radical (unpaired) electrons. The smallest absolute Gasteiger partial charge is 0.137 e. The number of quaternary nitrogens is 1. The Kier molecular flexibility index (Phi) is 5.95. The van der Waals surface area contributed by atoms with E-state index in [1.807, 2.05) is 24.3 Å². The van der Waals surface area contributed by atoms with Crippen molar-refractivity contribution in [3.05, 3.63) is 59.7 Å². The van der Waals surface area contributed by atoms with E-state index in [9.17, 15) is 5.11 Å². The molecule has 4 heteroatoms. The molecule has 1 heterocycles. The third-order valence-corrected chi connectivity index (χ3v) is 4.86. The molecular formula is C21H29N2O2+.